The van der Waals surface area contributed by atoms with Crippen LogP contribution in [0, 0.1) is 0 Å². The van der Waals surface area contributed by atoms with E-state index in [9.17, 15) is 9.59 Å². The molecule has 0 bridgehead atoms. The maximum Gasteiger partial charge on any atom is 0.341 e. The second kappa shape index (κ2) is 13.2. The average Bonchev–Trinajstić information content (AvgIpc) is 2.90. The third-order valence-corrected chi connectivity index (χ3v) is 5.47. The van der Waals surface area contributed by atoms with Crippen LogP contribution in [0.15, 0.2) is 91.0 Å². The zero-order valence-electron chi connectivity index (χ0n) is 21.5. The minimum atomic E-state index is -0.525. The van der Waals surface area contributed by atoms with Gasteiger partial charge in [0.15, 0.2) is 0 Å². The predicted molar refractivity (Wildman–Crippen MR) is 145 cm³/mol. The summed E-state index contributed by atoms with van der Waals surface area (Å²) in [5, 5.41) is 0. The molecular formula is C31H32O6. The Morgan fingerprint density at radius 1 is 0.784 bits per heavy atom. The molecule has 0 aromatic heterocycles. The molecule has 0 unspecified atom stereocenters. The normalized spacial score (nSPS) is 10.5. The van der Waals surface area contributed by atoms with Crippen LogP contribution in [-0.2, 0) is 14.3 Å². The number of methoxy groups -OCH3 is 1. The molecule has 0 aliphatic rings. The first-order chi connectivity index (χ1) is 17.8. The Bertz CT molecular complexity index is 1260. The summed E-state index contributed by atoms with van der Waals surface area (Å²) in [6.07, 6.45) is 1.96. The maximum absolute atomic E-state index is 12.1. The van der Waals surface area contributed by atoms with Crippen LogP contribution < -0.4 is 14.2 Å². The minimum Gasteiger partial charge on any atom is -0.493 e. The van der Waals surface area contributed by atoms with Gasteiger partial charge in [0.2, 0.25) is 0 Å². The number of ether oxygens (including phenoxy) is 4. The first-order valence-electron chi connectivity index (χ1n) is 12.1. The monoisotopic (exact) mass is 500 g/mol. The number of rotatable bonds is 12. The first-order valence-corrected chi connectivity index (χ1v) is 12.1. The van der Waals surface area contributed by atoms with Gasteiger partial charge in [-0.25, -0.2) is 9.59 Å². The van der Waals surface area contributed by atoms with Crippen molar-refractivity contribution in [2.24, 2.45) is 0 Å². The molecule has 0 fully saturated rings. The average molecular weight is 501 g/mol. The van der Waals surface area contributed by atoms with Gasteiger partial charge in [0.25, 0.3) is 0 Å². The number of hydrogen-bond acceptors (Lipinski definition) is 6. The summed E-state index contributed by atoms with van der Waals surface area (Å²) in [5.41, 5.74) is 4.37. The van der Waals surface area contributed by atoms with E-state index in [1.54, 1.807) is 31.2 Å². The molecular weight excluding hydrogens is 468 g/mol. The van der Waals surface area contributed by atoms with Gasteiger partial charge >= 0.3 is 11.9 Å². The van der Waals surface area contributed by atoms with Crippen molar-refractivity contribution < 1.29 is 28.5 Å². The molecule has 0 amide bonds. The van der Waals surface area contributed by atoms with Gasteiger partial charge in [0.05, 0.1) is 18.8 Å². The summed E-state index contributed by atoms with van der Waals surface area (Å²) in [6, 6.07) is 20.6. The minimum absolute atomic E-state index is 0.115. The Kier molecular flexibility index (Phi) is 9.81. The summed E-state index contributed by atoms with van der Waals surface area (Å²) < 4.78 is 21.7. The smallest absolute Gasteiger partial charge is 0.341 e. The molecule has 0 spiro atoms. The van der Waals surface area contributed by atoms with E-state index in [1.165, 1.54) is 7.11 Å². The van der Waals surface area contributed by atoms with Crippen LogP contribution in [0.2, 0.25) is 0 Å². The van der Waals surface area contributed by atoms with Crippen molar-refractivity contribution >= 4 is 11.9 Å². The largest absolute Gasteiger partial charge is 0.493 e. The summed E-state index contributed by atoms with van der Waals surface area (Å²) in [6.45, 7) is 11.7. The molecule has 3 aromatic carbocycles. The van der Waals surface area contributed by atoms with Crippen molar-refractivity contribution in [2.75, 3.05) is 20.3 Å². The maximum atomic E-state index is 12.1. The van der Waals surface area contributed by atoms with Gasteiger partial charge in [-0.15, -0.1) is 0 Å². The van der Waals surface area contributed by atoms with Gasteiger partial charge in [-0.05, 0) is 60.4 Å². The Hall–Kier alpha value is -4.16. The number of esters is 2. The molecule has 0 saturated carbocycles. The Balaban J connectivity index is 1.83. The van der Waals surface area contributed by atoms with Crippen LogP contribution >= 0.6 is 0 Å². The molecule has 0 saturated heterocycles. The lowest BCUT2D eigenvalue weighted by Crippen LogP contribution is -2.13. The van der Waals surface area contributed by atoms with Gasteiger partial charge in [-0.2, -0.15) is 0 Å². The summed E-state index contributed by atoms with van der Waals surface area (Å²) in [7, 11) is 1.50. The van der Waals surface area contributed by atoms with E-state index in [1.807, 2.05) is 42.5 Å². The fourth-order valence-electron chi connectivity index (χ4n) is 3.41. The van der Waals surface area contributed by atoms with Gasteiger partial charge in [-0.3, -0.25) is 0 Å². The Morgan fingerprint density at radius 3 is 1.92 bits per heavy atom. The number of benzene rings is 3. The molecule has 3 aromatic rings. The third-order valence-electron chi connectivity index (χ3n) is 5.47. The second-order valence-electron chi connectivity index (χ2n) is 8.56. The molecule has 3 rings (SSSR count). The lowest BCUT2D eigenvalue weighted by atomic mass is 9.99. The molecule has 0 radical (unpaired) electrons. The summed E-state index contributed by atoms with van der Waals surface area (Å²) in [5.74, 6) is 0.650. The van der Waals surface area contributed by atoms with E-state index < -0.39 is 11.9 Å². The van der Waals surface area contributed by atoms with Crippen LogP contribution in [0.1, 0.15) is 26.7 Å². The van der Waals surface area contributed by atoms with Crippen molar-refractivity contribution in [2.45, 2.75) is 26.7 Å². The van der Waals surface area contributed by atoms with Crippen molar-refractivity contribution in [3.05, 3.63) is 91.0 Å². The first kappa shape index (κ1) is 27.4. The zero-order valence-corrected chi connectivity index (χ0v) is 21.5. The Labute approximate surface area is 218 Å². The molecule has 37 heavy (non-hydrogen) atoms. The fraction of sp³-hybridized carbons (Fsp3) is 0.226. The topological polar surface area (TPSA) is 71.1 Å². The highest BCUT2D eigenvalue weighted by Crippen LogP contribution is 2.36. The molecule has 0 atom stereocenters. The van der Waals surface area contributed by atoms with E-state index in [0.717, 1.165) is 40.8 Å². The standard InChI is InChI=1S/C31H32O6/c1-6-7-18-35-29-19-25(23-8-13-26(14-9-23)36-30(32)21(2)3)12-17-28(29)24-10-15-27(16-11-24)37-31(33)22(4)20-34-5/h8-17,19H,2,4,6-7,18,20H2,1,3,5H3. The van der Waals surface area contributed by atoms with Gasteiger partial charge in [0.1, 0.15) is 17.2 Å². The lowest BCUT2D eigenvalue weighted by molar-refractivity contribution is -0.131. The molecule has 192 valence electrons. The number of unbranched alkanes of at least 4 members (excludes halogenated alkanes) is 1. The quantitative estimate of drug-likeness (QED) is 0.118. The van der Waals surface area contributed by atoms with Crippen molar-refractivity contribution in [3.63, 3.8) is 0 Å². The SMILES string of the molecule is C=C(C)C(=O)Oc1ccc(-c2ccc(-c3ccc(OC(=O)C(=C)COC)cc3)c(OCCCC)c2)cc1. The van der Waals surface area contributed by atoms with Crippen molar-refractivity contribution in [1.82, 2.24) is 0 Å². The van der Waals surface area contributed by atoms with Crippen LogP contribution in [0.4, 0.5) is 0 Å². The van der Waals surface area contributed by atoms with E-state index in [4.69, 9.17) is 18.9 Å². The third kappa shape index (κ3) is 7.66. The van der Waals surface area contributed by atoms with Gasteiger partial charge in [-0.1, -0.05) is 62.9 Å². The highest BCUT2D eigenvalue weighted by atomic mass is 16.5. The van der Waals surface area contributed by atoms with Crippen LogP contribution in [-0.4, -0.2) is 32.3 Å². The highest BCUT2D eigenvalue weighted by Gasteiger charge is 2.13. The fourth-order valence-corrected chi connectivity index (χ4v) is 3.41. The molecule has 0 aliphatic heterocycles. The van der Waals surface area contributed by atoms with E-state index >= 15 is 0 Å². The molecule has 0 N–H and O–H groups in total. The van der Waals surface area contributed by atoms with Crippen molar-refractivity contribution in [3.8, 4) is 39.5 Å². The molecule has 0 heterocycles. The van der Waals surface area contributed by atoms with Gasteiger partial charge in [0, 0.05) is 18.2 Å². The summed E-state index contributed by atoms with van der Waals surface area (Å²) >= 11 is 0. The number of carbonyl (C=O) groups is 2. The highest BCUT2D eigenvalue weighted by molar-refractivity contribution is 5.90. The van der Waals surface area contributed by atoms with E-state index in [-0.39, 0.29) is 12.2 Å². The number of carbonyl (C=O) groups excluding carboxylic acids is 2. The van der Waals surface area contributed by atoms with Crippen LogP contribution in [0.5, 0.6) is 17.2 Å². The van der Waals surface area contributed by atoms with Gasteiger partial charge < -0.3 is 18.9 Å². The van der Waals surface area contributed by atoms with E-state index in [2.05, 4.69) is 20.1 Å². The van der Waals surface area contributed by atoms with E-state index in [0.29, 0.717) is 23.7 Å². The van der Waals surface area contributed by atoms with Crippen LogP contribution in [0.3, 0.4) is 0 Å². The molecule has 6 nitrogen and oxygen atoms in total. The second-order valence-corrected chi connectivity index (χ2v) is 8.56. The Morgan fingerprint density at radius 2 is 1.35 bits per heavy atom. The molecule has 6 heteroatoms. The summed E-state index contributed by atoms with van der Waals surface area (Å²) in [4.78, 5) is 23.9. The van der Waals surface area contributed by atoms with Crippen molar-refractivity contribution in [1.29, 1.82) is 0 Å². The predicted octanol–water partition coefficient (Wildman–Crippen LogP) is 6.79. The van der Waals surface area contributed by atoms with Crippen LogP contribution in [0.25, 0.3) is 22.3 Å². The number of hydrogen-bond donors (Lipinski definition) is 0. The zero-order chi connectivity index (χ0) is 26.8. The molecule has 0 aliphatic carbocycles. The lowest BCUT2D eigenvalue weighted by Gasteiger charge is -2.15.